The Morgan fingerprint density at radius 2 is 1.90 bits per heavy atom. The van der Waals surface area contributed by atoms with Crippen molar-refractivity contribution in [3.8, 4) is 11.3 Å². The maximum absolute atomic E-state index is 13.0. The predicted octanol–water partition coefficient (Wildman–Crippen LogP) is 2.66. The summed E-state index contributed by atoms with van der Waals surface area (Å²) in [5.74, 6) is -1.16. The minimum atomic E-state index is -0.793. The Kier molecular flexibility index (Phi) is 8.52. The Bertz CT molecular complexity index is 863. The Hall–Kier alpha value is -3.23. The van der Waals surface area contributed by atoms with Gasteiger partial charge < -0.3 is 19.2 Å². The van der Waals surface area contributed by atoms with Gasteiger partial charge in [0.05, 0.1) is 19.7 Å². The van der Waals surface area contributed by atoms with Gasteiger partial charge in [-0.25, -0.2) is 14.2 Å². The maximum Gasteiger partial charge on any atom is 0.328 e. The Balaban J connectivity index is 1.77. The van der Waals surface area contributed by atoms with Crippen molar-refractivity contribution in [3.05, 3.63) is 42.2 Å². The third-order valence-electron chi connectivity index (χ3n) is 4.12. The van der Waals surface area contributed by atoms with E-state index in [9.17, 15) is 18.8 Å². The third-order valence-corrected chi connectivity index (χ3v) is 4.12. The number of esters is 2. The summed E-state index contributed by atoms with van der Waals surface area (Å²) in [6.07, 6.45) is 2.04. The monoisotopic (exact) mass is 420 g/mol. The molecule has 0 spiro atoms. The van der Waals surface area contributed by atoms with Crippen molar-refractivity contribution in [1.82, 2.24) is 10.3 Å². The number of carbonyl (C=O) groups is 3. The molecule has 1 N–H and O–H groups in total. The molecule has 0 aliphatic rings. The van der Waals surface area contributed by atoms with Crippen LogP contribution in [0.1, 0.15) is 32.6 Å². The number of rotatable bonds is 10. The van der Waals surface area contributed by atoms with Crippen LogP contribution in [0.15, 0.2) is 34.9 Å². The van der Waals surface area contributed by atoms with Crippen LogP contribution in [0.4, 0.5) is 4.39 Å². The van der Waals surface area contributed by atoms with Gasteiger partial charge in [-0.05, 0) is 36.6 Å². The fourth-order valence-corrected chi connectivity index (χ4v) is 2.66. The lowest BCUT2D eigenvalue weighted by Crippen LogP contribution is -2.44. The van der Waals surface area contributed by atoms with Crippen LogP contribution in [0, 0.1) is 11.7 Å². The van der Waals surface area contributed by atoms with Gasteiger partial charge in [-0.1, -0.05) is 13.8 Å². The molecule has 0 aliphatic carbocycles. The van der Waals surface area contributed by atoms with Crippen LogP contribution in [-0.4, -0.2) is 42.6 Å². The van der Waals surface area contributed by atoms with Crippen LogP contribution in [0.2, 0.25) is 0 Å². The van der Waals surface area contributed by atoms with Gasteiger partial charge in [0, 0.05) is 12.0 Å². The molecule has 30 heavy (non-hydrogen) atoms. The molecule has 0 saturated carbocycles. The molecular weight excluding hydrogens is 395 g/mol. The van der Waals surface area contributed by atoms with Crippen molar-refractivity contribution in [2.24, 2.45) is 5.92 Å². The first-order valence-electron chi connectivity index (χ1n) is 9.52. The van der Waals surface area contributed by atoms with Crippen molar-refractivity contribution in [2.75, 3.05) is 13.7 Å². The fourth-order valence-electron chi connectivity index (χ4n) is 2.66. The van der Waals surface area contributed by atoms with E-state index < -0.39 is 30.5 Å². The van der Waals surface area contributed by atoms with Crippen LogP contribution in [0.25, 0.3) is 11.3 Å². The van der Waals surface area contributed by atoms with Gasteiger partial charge in [-0.15, -0.1) is 0 Å². The maximum atomic E-state index is 13.0. The molecule has 1 amide bonds. The summed E-state index contributed by atoms with van der Waals surface area (Å²) in [6.45, 7) is 3.31. The highest BCUT2D eigenvalue weighted by Gasteiger charge is 2.23. The van der Waals surface area contributed by atoms with Gasteiger partial charge in [-0.2, -0.15) is 0 Å². The number of ether oxygens (including phenoxy) is 2. The first-order chi connectivity index (χ1) is 14.3. The van der Waals surface area contributed by atoms with Crippen LogP contribution in [0.5, 0.6) is 0 Å². The van der Waals surface area contributed by atoms with E-state index in [4.69, 9.17) is 9.15 Å². The Labute approximate surface area is 173 Å². The molecule has 1 aromatic carbocycles. The van der Waals surface area contributed by atoms with E-state index in [-0.39, 0.29) is 24.6 Å². The van der Waals surface area contributed by atoms with E-state index >= 15 is 0 Å². The van der Waals surface area contributed by atoms with E-state index in [1.165, 1.54) is 25.4 Å². The minimum absolute atomic E-state index is 0.0386. The van der Waals surface area contributed by atoms with Gasteiger partial charge in [0.2, 0.25) is 0 Å². The number of halogens is 1. The van der Waals surface area contributed by atoms with Crippen molar-refractivity contribution in [2.45, 2.75) is 39.2 Å². The van der Waals surface area contributed by atoms with E-state index in [1.54, 1.807) is 12.1 Å². The largest absolute Gasteiger partial charge is 0.467 e. The van der Waals surface area contributed by atoms with Crippen molar-refractivity contribution in [3.63, 3.8) is 0 Å². The van der Waals surface area contributed by atoms with Gasteiger partial charge in [0.15, 0.2) is 18.3 Å². The lowest BCUT2D eigenvalue weighted by atomic mass is 10.0. The number of carbonyl (C=O) groups excluding carboxylic acids is 3. The number of methoxy groups -OCH3 is 1. The summed E-state index contributed by atoms with van der Waals surface area (Å²) in [5, 5.41) is 2.51. The first-order valence-corrected chi connectivity index (χ1v) is 9.52. The van der Waals surface area contributed by atoms with Gasteiger partial charge >= 0.3 is 11.9 Å². The first kappa shape index (κ1) is 23.1. The molecule has 1 aromatic heterocycles. The molecule has 0 radical (unpaired) electrons. The number of nitrogens with one attached hydrogen (secondary N) is 1. The molecule has 9 heteroatoms. The van der Waals surface area contributed by atoms with Crippen molar-refractivity contribution >= 4 is 17.8 Å². The molecule has 1 atom stereocenters. The second-order valence-electron chi connectivity index (χ2n) is 7.06. The smallest absolute Gasteiger partial charge is 0.328 e. The number of oxazole rings is 1. The van der Waals surface area contributed by atoms with Crippen LogP contribution < -0.4 is 5.32 Å². The quantitative estimate of drug-likeness (QED) is 0.589. The number of aromatic nitrogens is 1. The summed E-state index contributed by atoms with van der Waals surface area (Å²) in [5.41, 5.74) is 0.663. The van der Waals surface area contributed by atoms with E-state index in [1.807, 2.05) is 13.8 Å². The Morgan fingerprint density at radius 3 is 2.53 bits per heavy atom. The number of benzene rings is 1. The molecule has 1 heterocycles. The summed E-state index contributed by atoms with van der Waals surface area (Å²) in [6, 6.07) is 4.96. The molecule has 0 saturated heterocycles. The second kappa shape index (κ2) is 11.1. The van der Waals surface area contributed by atoms with E-state index in [0.717, 1.165) is 0 Å². The molecule has 8 nitrogen and oxygen atoms in total. The molecule has 2 aromatic rings. The number of amides is 1. The van der Waals surface area contributed by atoms with Gasteiger partial charge in [0.25, 0.3) is 5.91 Å². The summed E-state index contributed by atoms with van der Waals surface area (Å²) < 4.78 is 28.1. The van der Waals surface area contributed by atoms with Crippen LogP contribution in [0.3, 0.4) is 0 Å². The second-order valence-corrected chi connectivity index (χ2v) is 7.06. The standard InChI is InChI=1S/C21H25FN2O6/c1-13(2)10-16(21(27)28-3)24-18(25)12-29-20(26)9-8-19-23-11-17(30-19)14-4-6-15(22)7-5-14/h4-7,11,13,16H,8-10,12H2,1-3H3,(H,24,25). The summed E-state index contributed by atoms with van der Waals surface area (Å²) in [7, 11) is 1.24. The molecule has 2 rings (SSSR count). The minimum Gasteiger partial charge on any atom is -0.467 e. The fraction of sp³-hybridized carbons (Fsp3) is 0.429. The number of hydrogen-bond donors (Lipinski definition) is 1. The van der Waals surface area contributed by atoms with Crippen molar-refractivity contribution in [1.29, 1.82) is 0 Å². The highest BCUT2D eigenvalue weighted by molar-refractivity contribution is 5.86. The zero-order chi connectivity index (χ0) is 22.1. The topological polar surface area (TPSA) is 108 Å². The lowest BCUT2D eigenvalue weighted by molar-refractivity contribution is -0.150. The lowest BCUT2D eigenvalue weighted by Gasteiger charge is -2.18. The zero-order valence-electron chi connectivity index (χ0n) is 17.1. The molecule has 162 valence electrons. The molecule has 1 unspecified atom stereocenters. The molecule has 0 bridgehead atoms. The van der Waals surface area contributed by atoms with E-state index in [2.05, 4.69) is 15.0 Å². The molecular formula is C21H25FN2O6. The zero-order valence-corrected chi connectivity index (χ0v) is 17.1. The number of nitrogens with zero attached hydrogens (tertiary/aromatic N) is 1. The summed E-state index contributed by atoms with van der Waals surface area (Å²) in [4.78, 5) is 39.6. The SMILES string of the molecule is COC(=O)C(CC(C)C)NC(=O)COC(=O)CCc1ncc(-c2ccc(F)cc2)o1. The van der Waals surface area contributed by atoms with Crippen molar-refractivity contribution < 1.29 is 32.7 Å². The third kappa shape index (κ3) is 7.31. The van der Waals surface area contributed by atoms with Gasteiger partial charge in [0.1, 0.15) is 11.9 Å². The normalized spacial score (nSPS) is 11.8. The van der Waals surface area contributed by atoms with Crippen LogP contribution >= 0.6 is 0 Å². The average Bonchev–Trinajstić information content (AvgIpc) is 3.19. The molecule has 0 fully saturated rings. The highest BCUT2D eigenvalue weighted by atomic mass is 19.1. The van der Waals surface area contributed by atoms with E-state index in [0.29, 0.717) is 23.6 Å². The Morgan fingerprint density at radius 1 is 1.20 bits per heavy atom. The molecule has 0 aliphatic heterocycles. The average molecular weight is 420 g/mol. The highest BCUT2D eigenvalue weighted by Crippen LogP contribution is 2.21. The summed E-state index contributed by atoms with van der Waals surface area (Å²) >= 11 is 0. The van der Waals surface area contributed by atoms with Crippen LogP contribution in [-0.2, 0) is 30.3 Å². The number of hydrogen-bond acceptors (Lipinski definition) is 7. The van der Waals surface area contributed by atoms with Gasteiger partial charge in [-0.3, -0.25) is 9.59 Å². The number of aryl methyl sites for hydroxylation is 1. The predicted molar refractivity (Wildman–Crippen MR) is 105 cm³/mol.